The fraction of sp³-hybridized carbons (Fsp3) is 0.389. The number of aromatic nitrogens is 2. The van der Waals surface area contributed by atoms with Crippen LogP contribution in [0.3, 0.4) is 0 Å². The van der Waals surface area contributed by atoms with Crippen molar-refractivity contribution in [2.45, 2.75) is 32.7 Å². The second-order valence-electron chi connectivity index (χ2n) is 6.49. The smallest absolute Gasteiger partial charge is 0.270 e. The van der Waals surface area contributed by atoms with Gasteiger partial charge in [0, 0.05) is 18.3 Å². The minimum atomic E-state index is -0.206. The van der Waals surface area contributed by atoms with Gasteiger partial charge in [-0.25, -0.2) is 9.97 Å². The van der Waals surface area contributed by atoms with Gasteiger partial charge in [0.15, 0.2) is 0 Å². The number of methoxy groups -OCH3 is 1. The Hall–Kier alpha value is -2.63. The number of nitrogens with zero attached hydrogens (tertiary/aromatic N) is 2. The van der Waals surface area contributed by atoms with Crippen molar-refractivity contribution >= 4 is 11.9 Å². The summed E-state index contributed by atoms with van der Waals surface area (Å²) in [6.07, 6.45) is 2.33. The van der Waals surface area contributed by atoms with E-state index in [0.29, 0.717) is 18.2 Å². The number of hydrogen-bond acceptors (Lipinski definition) is 5. The number of nitrogens with one attached hydrogen (secondary N) is 2. The molecule has 128 valence electrons. The van der Waals surface area contributed by atoms with Crippen molar-refractivity contribution < 1.29 is 9.53 Å². The first-order chi connectivity index (χ1) is 11.4. The van der Waals surface area contributed by atoms with Crippen LogP contribution in [0.4, 0.5) is 5.95 Å². The Labute approximate surface area is 142 Å². The average Bonchev–Trinajstić information content (AvgIpc) is 2.54. The third-order valence-corrected chi connectivity index (χ3v) is 3.23. The zero-order valence-corrected chi connectivity index (χ0v) is 14.6. The molecule has 0 aliphatic carbocycles. The van der Waals surface area contributed by atoms with Crippen LogP contribution in [-0.4, -0.2) is 35.1 Å². The van der Waals surface area contributed by atoms with Crippen LogP contribution in [0.2, 0.25) is 0 Å². The Kier molecular flexibility index (Phi) is 5.73. The molecule has 2 rings (SSSR count). The quantitative estimate of drug-likeness (QED) is 0.852. The highest BCUT2D eigenvalue weighted by Gasteiger charge is 2.13. The van der Waals surface area contributed by atoms with Crippen LogP contribution in [0.15, 0.2) is 36.5 Å². The molecule has 6 nitrogen and oxygen atoms in total. The number of carbonyl (C=O) groups excluding carboxylic acids is 1. The molecular weight excluding hydrogens is 304 g/mol. The molecule has 1 amide bonds. The highest BCUT2D eigenvalue weighted by atomic mass is 16.5. The van der Waals surface area contributed by atoms with Gasteiger partial charge in [-0.2, -0.15) is 0 Å². The maximum absolute atomic E-state index is 12.2. The molecule has 0 bridgehead atoms. The molecule has 0 saturated carbocycles. The van der Waals surface area contributed by atoms with Gasteiger partial charge >= 0.3 is 0 Å². The molecule has 0 fully saturated rings. The van der Waals surface area contributed by atoms with Crippen LogP contribution in [0.5, 0.6) is 5.75 Å². The van der Waals surface area contributed by atoms with E-state index in [4.69, 9.17) is 4.74 Å². The lowest BCUT2D eigenvalue weighted by atomic mass is 10.1. The Balaban J connectivity index is 1.89. The second kappa shape index (κ2) is 7.77. The van der Waals surface area contributed by atoms with Gasteiger partial charge < -0.3 is 15.4 Å². The molecule has 0 spiro atoms. The minimum absolute atomic E-state index is 0.163. The zero-order chi connectivity index (χ0) is 17.6. The predicted molar refractivity (Wildman–Crippen MR) is 94.4 cm³/mol. The first-order valence-electron chi connectivity index (χ1n) is 7.90. The maximum Gasteiger partial charge on any atom is 0.270 e. The Morgan fingerprint density at radius 1 is 1.17 bits per heavy atom. The van der Waals surface area contributed by atoms with Crippen LogP contribution >= 0.6 is 0 Å². The predicted octanol–water partition coefficient (Wildman–Crippen LogP) is 2.67. The monoisotopic (exact) mass is 328 g/mol. The number of hydrogen-bond donors (Lipinski definition) is 2. The molecule has 2 N–H and O–H groups in total. The third kappa shape index (κ3) is 5.53. The van der Waals surface area contributed by atoms with E-state index in [1.165, 1.54) is 0 Å². The van der Waals surface area contributed by atoms with Gasteiger partial charge in [0.05, 0.1) is 7.11 Å². The van der Waals surface area contributed by atoms with Gasteiger partial charge in [-0.15, -0.1) is 0 Å². The molecule has 1 aromatic heterocycles. The van der Waals surface area contributed by atoms with Crippen LogP contribution in [-0.2, 0) is 6.42 Å². The van der Waals surface area contributed by atoms with Crippen LogP contribution in [0.25, 0.3) is 0 Å². The summed E-state index contributed by atoms with van der Waals surface area (Å²) >= 11 is 0. The van der Waals surface area contributed by atoms with Crippen molar-refractivity contribution in [3.8, 4) is 5.75 Å². The fourth-order valence-corrected chi connectivity index (χ4v) is 2.08. The Morgan fingerprint density at radius 2 is 1.88 bits per heavy atom. The largest absolute Gasteiger partial charge is 0.497 e. The molecule has 0 saturated heterocycles. The zero-order valence-electron chi connectivity index (χ0n) is 14.6. The lowest BCUT2D eigenvalue weighted by Gasteiger charge is -2.20. The fourth-order valence-electron chi connectivity index (χ4n) is 2.08. The van der Waals surface area contributed by atoms with Gasteiger partial charge in [-0.1, -0.05) is 12.1 Å². The van der Waals surface area contributed by atoms with Crippen molar-refractivity contribution in [1.82, 2.24) is 15.3 Å². The van der Waals surface area contributed by atoms with E-state index < -0.39 is 0 Å². The summed E-state index contributed by atoms with van der Waals surface area (Å²) in [5, 5.41) is 6.03. The normalized spacial score (nSPS) is 11.0. The van der Waals surface area contributed by atoms with Crippen LogP contribution in [0, 0.1) is 0 Å². The van der Waals surface area contributed by atoms with E-state index in [1.807, 2.05) is 45.0 Å². The van der Waals surface area contributed by atoms with Gasteiger partial charge in [0.25, 0.3) is 5.91 Å². The lowest BCUT2D eigenvalue weighted by Crippen LogP contribution is -2.29. The summed E-state index contributed by atoms with van der Waals surface area (Å²) in [4.78, 5) is 20.6. The van der Waals surface area contributed by atoms with Gasteiger partial charge in [-0.05, 0) is 51.0 Å². The van der Waals surface area contributed by atoms with E-state index in [-0.39, 0.29) is 11.4 Å². The third-order valence-electron chi connectivity index (χ3n) is 3.23. The minimum Gasteiger partial charge on any atom is -0.497 e. The molecular formula is C18H24N4O2. The molecule has 0 atom stereocenters. The first kappa shape index (κ1) is 17.7. The van der Waals surface area contributed by atoms with Crippen molar-refractivity contribution in [3.05, 3.63) is 47.8 Å². The second-order valence-corrected chi connectivity index (χ2v) is 6.49. The van der Waals surface area contributed by atoms with E-state index >= 15 is 0 Å². The summed E-state index contributed by atoms with van der Waals surface area (Å²) < 4.78 is 5.13. The molecule has 6 heteroatoms. The van der Waals surface area contributed by atoms with Gasteiger partial charge in [0.1, 0.15) is 11.4 Å². The molecule has 1 heterocycles. The van der Waals surface area contributed by atoms with Crippen molar-refractivity contribution in [3.63, 3.8) is 0 Å². The van der Waals surface area contributed by atoms with E-state index in [9.17, 15) is 4.79 Å². The first-order valence-corrected chi connectivity index (χ1v) is 7.90. The number of anilines is 1. The Bertz CT molecular complexity index is 678. The molecule has 0 unspecified atom stereocenters. The Morgan fingerprint density at radius 3 is 2.50 bits per heavy atom. The summed E-state index contributed by atoms with van der Waals surface area (Å²) in [6.45, 7) is 6.57. The molecule has 2 aromatic rings. The number of ether oxygens (including phenoxy) is 1. The highest BCUT2D eigenvalue weighted by Crippen LogP contribution is 2.12. The molecule has 1 aromatic carbocycles. The maximum atomic E-state index is 12.2. The van der Waals surface area contributed by atoms with Gasteiger partial charge in [0.2, 0.25) is 5.95 Å². The van der Waals surface area contributed by atoms with Crippen LogP contribution in [0.1, 0.15) is 36.8 Å². The highest BCUT2D eigenvalue weighted by molar-refractivity contribution is 5.92. The molecule has 24 heavy (non-hydrogen) atoms. The number of carbonyl (C=O) groups is 1. The standard InChI is InChI=1S/C18H24N4O2/c1-18(2,3)22-17-20-12-10-15(21-17)16(23)19-11-9-13-5-7-14(24-4)8-6-13/h5-8,10,12H,9,11H2,1-4H3,(H,19,23)(H,20,21,22). The van der Waals surface area contributed by atoms with Gasteiger partial charge in [-0.3, -0.25) is 4.79 Å². The lowest BCUT2D eigenvalue weighted by molar-refractivity contribution is 0.0949. The summed E-state index contributed by atoms with van der Waals surface area (Å²) in [5.41, 5.74) is 1.32. The molecule has 0 radical (unpaired) electrons. The molecule has 0 aliphatic rings. The number of rotatable bonds is 6. The van der Waals surface area contributed by atoms with Crippen LogP contribution < -0.4 is 15.4 Å². The topological polar surface area (TPSA) is 76.1 Å². The van der Waals surface area contributed by atoms with Crippen molar-refractivity contribution in [1.29, 1.82) is 0 Å². The van der Waals surface area contributed by atoms with Crippen molar-refractivity contribution in [2.24, 2.45) is 0 Å². The molecule has 0 aliphatic heterocycles. The summed E-state index contributed by atoms with van der Waals surface area (Å²) in [5.74, 6) is 1.07. The number of amides is 1. The average molecular weight is 328 g/mol. The number of benzene rings is 1. The van der Waals surface area contributed by atoms with Crippen molar-refractivity contribution in [2.75, 3.05) is 19.0 Å². The van der Waals surface area contributed by atoms with E-state index in [2.05, 4.69) is 20.6 Å². The SMILES string of the molecule is COc1ccc(CCNC(=O)c2ccnc(NC(C)(C)C)n2)cc1. The summed E-state index contributed by atoms with van der Waals surface area (Å²) in [6, 6.07) is 9.40. The van der Waals surface area contributed by atoms with E-state index in [0.717, 1.165) is 17.7 Å². The summed E-state index contributed by atoms with van der Waals surface area (Å²) in [7, 11) is 1.64. The van der Waals surface area contributed by atoms with E-state index in [1.54, 1.807) is 19.4 Å².